The highest BCUT2D eigenvalue weighted by molar-refractivity contribution is 7.98. The predicted molar refractivity (Wildman–Crippen MR) is 134 cm³/mol. The molecule has 0 N–H and O–H groups in total. The highest BCUT2D eigenvalue weighted by atomic mass is 35.5. The Morgan fingerprint density at radius 1 is 0.824 bits per heavy atom. The summed E-state index contributed by atoms with van der Waals surface area (Å²) >= 11 is 7.92. The first kappa shape index (κ1) is 23.8. The third kappa shape index (κ3) is 4.78. The first-order valence-corrected chi connectivity index (χ1v) is 11.7. The number of ether oxygens (including phenoxy) is 4. The number of methoxy groups -OCH3 is 4. The second-order valence-electron chi connectivity index (χ2n) is 7.13. The monoisotopic (exact) mass is 497 g/mol. The Kier molecular flexibility index (Phi) is 7.49. The fourth-order valence-electron chi connectivity index (χ4n) is 3.48. The maximum atomic E-state index is 6.37. The van der Waals surface area contributed by atoms with Gasteiger partial charge in [0.1, 0.15) is 5.75 Å². The summed E-state index contributed by atoms with van der Waals surface area (Å²) < 4.78 is 23.9. The Balaban J connectivity index is 1.82. The fourth-order valence-corrected chi connectivity index (χ4v) is 4.72. The number of halogens is 1. The molecule has 0 radical (unpaired) electrons. The average Bonchev–Trinajstić information content (AvgIpc) is 3.31. The molecule has 4 rings (SSSR count). The summed E-state index contributed by atoms with van der Waals surface area (Å²) in [7, 11) is 6.38. The molecule has 0 saturated heterocycles. The third-order valence-corrected chi connectivity index (χ3v) is 6.55. The van der Waals surface area contributed by atoms with E-state index in [-0.39, 0.29) is 0 Å². The molecule has 1 aromatic heterocycles. The number of rotatable bonds is 9. The average molecular weight is 498 g/mol. The van der Waals surface area contributed by atoms with Crippen LogP contribution in [-0.2, 0) is 5.75 Å². The summed E-state index contributed by atoms with van der Waals surface area (Å²) in [5, 5.41) is 10.5. The van der Waals surface area contributed by atoms with Crippen LogP contribution in [0.15, 0.2) is 65.8 Å². The molecule has 7 nitrogen and oxygen atoms in total. The molecule has 9 heteroatoms. The van der Waals surface area contributed by atoms with Gasteiger partial charge in [0, 0.05) is 22.0 Å². The van der Waals surface area contributed by atoms with Crippen LogP contribution in [0.25, 0.3) is 17.1 Å². The van der Waals surface area contributed by atoms with E-state index in [4.69, 9.17) is 30.5 Å². The second kappa shape index (κ2) is 10.7. The summed E-state index contributed by atoms with van der Waals surface area (Å²) in [6.07, 6.45) is 0. The lowest BCUT2D eigenvalue weighted by atomic mass is 10.1. The summed E-state index contributed by atoms with van der Waals surface area (Å²) in [6, 6.07) is 19.2. The molecule has 0 atom stereocenters. The molecule has 0 unspecified atom stereocenters. The van der Waals surface area contributed by atoms with Crippen LogP contribution in [0.2, 0.25) is 5.02 Å². The van der Waals surface area contributed by atoms with E-state index >= 15 is 0 Å². The fraction of sp³-hybridized carbons (Fsp3) is 0.200. The molecular weight excluding hydrogens is 474 g/mol. The number of hydrogen-bond donors (Lipinski definition) is 0. The van der Waals surface area contributed by atoms with Gasteiger partial charge in [0.05, 0.1) is 28.4 Å². The van der Waals surface area contributed by atoms with Crippen LogP contribution in [0, 0.1) is 0 Å². The van der Waals surface area contributed by atoms with Gasteiger partial charge in [-0.3, -0.25) is 4.57 Å². The standard InChI is InChI=1S/C25H24ClN3O4S/c1-30-19-11-9-18(10-12-19)29-24(17-13-21(31-2)23(33-4)22(14-17)32-3)27-28-25(29)34-15-16-7-5-6-8-20(16)26/h5-14H,15H2,1-4H3. The zero-order valence-corrected chi connectivity index (χ0v) is 20.8. The molecular formula is C25H24ClN3O4S. The van der Waals surface area contributed by atoms with Gasteiger partial charge in [0.25, 0.3) is 0 Å². The quantitative estimate of drug-likeness (QED) is 0.266. The van der Waals surface area contributed by atoms with Gasteiger partial charge in [-0.15, -0.1) is 10.2 Å². The van der Waals surface area contributed by atoms with Crippen molar-refractivity contribution in [1.29, 1.82) is 0 Å². The van der Waals surface area contributed by atoms with Crippen molar-refractivity contribution in [1.82, 2.24) is 14.8 Å². The predicted octanol–water partition coefficient (Wildman–Crippen LogP) is 5.91. The number of aromatic nitrogens is 3. The third-order valence-electron chi connectivity index (χ3n) is 5.20. The smallest absolute Gasteiger partial charge is 0.203 e. The van der Waals surface area contributed by atoms with Crippen LogP contribution in [0.4, 0.5) is 0 Å². The Morgan fingerprint density at radius 2 is 1.50 bits per heavy atom. The van der Waals surface area contributed by atoms with Crippen molar-refractivity contribution < 1.29 is 18.9 Å². The van der Waals surface area contributed by atoms with E-state index in [1.807, 2.05) is 65.2 Å². The topological polar surface area (TPSA) is 67.6 Å². The maximum Gasteiger partial charge on any atom is 0.203 e. The van der Waals surface area contributed by atoms with Gasteiger partial charge in [0.2, 0.25) is 5.75 Å². The van der Waals surface area contributed by atoms with E-state index in [0.717, 1.165) is 27.6 Å². The Bertz CT molecular complexity index is 1250. The van der Waals surface area contributed by atoms with Crippen LogP contribution in [-0.4, -0.2) is 43.2 Å². The van der Waals surface area contributed by atoms with Crippen molar-refractivity contribution in [2.24, 2.45) is 0 Å². The van der Waals surface area contributed by atoms with Gasteiger partial charge in [0.15, 0.2) is 22.5 Å². The Hall–Kier alpha value is -3.36. The van der Waals surface area contributed by atoms with E-state index in [2.05, 4.69) is 10.2 Å². The molecule has 0 saturated carbocycles. The van der Waals surface area contributed by atoms with Crippen LogP contribution in [0.5, 0.6) is 23.0 Å². The molecule has 176 valence electrons. The maximum absolute atomic E-state index is 6.37. The molecule has 34 heavy (non-hydrogen) atoms. The van der Waals surface area contributed by atoms with Crippen molar-refractivity contribution >= 4 is 23.4 Å². The van der Waals surface area contributed by atoms with Crippen LogP contribution < -0.4 is 18.9 Å². The lowest BCUT2D eigenvalue weighted by Gasteiger charge is -2.15. The molecule has 0 aliphatic heterocycles. The molecule has 1 heterocycles. The van der Waals surface area contributed by atoms with Crippen molar-refractivity contribution in [3.8, 4) is 40.1 Å². The normalized spacial score (nSPS) is 10.7. The summed E-state index contributed by atoms with van der Waals surface area (Å²) in [5.41, 5.74) is 2.67. The van der Waals surface area contributed by atoms with Crippen LogP contribution in [0.3, 0.4) is 0 Å². The van der Waals surface area contributed by atoms with Gasteiger partial charge in [-0.1, -0.05) is 41.6 Å². The number of thioether (sulfide) groups is 1. The largest absolute Gasteiger partial charge is 0.497 e. The molecule has 0 aliphatic rings. The van der Waals surface area contributed by atoms with E-state index in [1.54, 1.807) is 40.2 Å². The molecule has 0 fully saturated rings. The van der Waals surface area contributed by atoms with E-state index in [9.17, 15) is 0 Å². The highest BCUT2D eigenvalue weighted by Crippen LogP contribution is 2.42. The Morgan fingerprint density at radius 3 is 2.09 bits per heavy atom. The molecule has 0 spiro atoms. The van der Waals surface area contributed by atoms with E-state index in [1.165, 1.54) is 0 Å². The molecule has 3 aromatic carbocycles. The zero-order valence-electron chi connectivity index (χ0n) is 19.2. The molecule has 0 amide bonds. The molecule has 4 aromatic rings. The minimum Gasteiger partial charge on any atom is -0.497 e. The number of benzene rings is 3. The van der Waals surface area contributed by atoms with E-state index in [0.29, 0.717) is 34.0 Å². The number of nitrogens with zero attached hydrogens (tertiary/aromatic N) is 3. The van der Waals surface area contributed by atoms with Crippen molar-refractivity contribution in [2.45, 2.75) is 10.9 Å². The summed E-state index contributed by atoms with van der Waals surface area (Å²) in [5.74, 6) is 3.61. The van der Waals surface area contributed by atoms with Gasteiger partial charge < -0.3 is 18.9 Å². The summed E-state index contributed by atoms with van der Waals surface area (Å²) in [4.78, 5) is 0. The Labute approximate surface area is 207 Å². The van der Waals surface area contributed by atoms with Crippen molar-refractivity contribution in [3.05, 3.63) is 71.2 Å². The van der Waals surface area contributed by atoms with Gasteiger partial charge in [-0.25, -0.2) is 0 Å². The minimum atomic E-state index is 0.512. The molecule has 0 bridgehead atoms. The van der Waals surface area contributed by atoms with Gasteiger partial charge in [-0.05, 0) is 48.0 Å². The van der Waals surface area contributed by atoms with Gasteiger partial charge >= 0.3 is 0 Å². The highest BCUT2D eigenvalue weighted by Gasteiger charge is 2.21. The SMILES string of the molecule is COc1ccc(-n2c(SCc3ccccc3Cl)nnc2-c2cc(OC)c(OC)c(OC)c2)cc1. The zero-order chi connectivity index (χ0) is 24.1. The van der Waals surface area contributed by atoms with Gasteiger partial charge in [-0.2, -0.15) is 0 Å². The van der Waals surface area contributed by atoms with E-state index < -0.39 is 0 Å². The van der Waals surface area contributed by atoms with Crippen LogP contribution >= 0.6 is 23.4 Å². The first-order valence-electron chi connectivity index (χ1n) is 10.4. The second-order valence-corrected chi connectivity index (χ2v) is 8.48. The molecule has 0 aliphatic carbocycles. The lowest BCUT2D eigenvalue weighted by Crippen LogP contribution is -2.01. The minimum absolute atomic E-state index is 0.512. The summed E-state index contributed by atoms with van der Waals surface area (Å²) in [6.45, 7) is 0. The van der Waals surface area contributed by atoms with Crippen molar-refractivity contribution in [2.75, 3.05) is 28.4 Å². The van der Waals surface area contributed by atoms with Crippen LogP contribution in [0.1, 0.15) is 5.56 Å². The van der Waals surface area contributed by atoms with Crippen molar-refractivity contribution in [3.63, 3.8) is 0 Å². The first-order chi connectivity index (χ1) is 16.6. The number of hydrogen-bond acceptors (Lipinski definition) is 7. The lowest BCUT2D eigenvalue weighted by molar-refractivity contribution is 0.324.